The van der Waals surface area contributed by atoms with Gasteiger partial charge in [0, 0.05) is 31.1 Å². The van der Waals surface area contributed by atoms with Gasteiger partial charge in [0.05, 0.1) is 18.8 Å². The quantitative estimate of drug-likeness (QED) is 0.911. The van der Waals surface area contributed by atoms with E-state index in [4.69, 9.17) is 4.74 Å². The molecule has 6 nitrogen and oxygen atoms in total. The maximum Gasteiger partial charge on any atom is 0.270 e. The van der Waals surface area contributed by atoms with Crippen molar-refractivity contribution in [2.75, 3.05) is 20.3 Å². The molecule has 0 aliphatic carbocycles. The highest BCUT2D eigenvalue weighted by atomic mass is 16.5. The van der Waals surface area contributed by atoms with Gasteiger partial charge in [0.1, 0.15) is 5.69 Å². The number of ether oxygens (including phenoxy) is 1. The molecule has 20 heavy (non-hydrogen) atoms. The van der Waals surface area contributed by atoms with Gasteiger partial charge in [-0.3, -0.25) is 14.5 Å². The summed E-state index contributed by atoms with van der Waals surface area (Å²) in [7, 11) is 1.65. The second-order valence-electron chi connectivity index (χ2n) is 4.86. The fraction of sp³-hybridized carbons (Fsp3) is 0.357. The van der Waals surface area contributed by atoms with E-state index in [2.05, 4.69) is 15.4 Å². The van der Waals surface area contributed by atoms with Gasteiger partial charge < -0.3 is 10.1 Å². The molecular weight excluding hydrogens is 256 g/mol. The third-order valence-electron chi connectivity index (χ3n) is 3.42. The standard InChI is InChI=1S/C14H16N4O2/c1-9-5-10(3-4-15-9)12-7-17-18-11(8-20-2)6-16-14(19)13(12)18/h3-5,7,11H,6,8H2,1-2H3,(H,16,19). The lowest BCUT2D eigenvalue weighted by molar-refractivity contribution is 0.0862. The van der Waals surface area contributed by atoms with Crippen LogP contribution in [0.1, 0.15) is 22.2 Å². The van der Waals surface area contributed by atoms with Gasteiger partial charge in [-0.25, -0.2) is 0 Å². The fourth-order valence-electron chi connectivity index (χ4n) is 2.49. The first kappa shape index (κ1) is 12.8. The monoisotopic (exact) mass is 272 g/mol. The summed E-state index contributed by atoms with van der Waals surface area (Å²) < 4.78 is 6.94. The predicted molar refractivity (Wildman–Crippen MR) is 73.4 cm³/mol. The Labute approximate surface area is 116 Å². The number of hydrogen-bond donors (Lipinski definition) is 1. The van der Waals surface area contributed by atoms with Crippen LogP contribution in [0, 0.1) is 6.92 Å². The van der Waals surface area contributed by atoms with Crippen LogP contribution < -0.4 is 5.32 Å². The van der Waals surface area contributed by atoms with Crippen LogP contribution >= 0.6 is 0 Å². The number of carbonyl (C=O) groups is 1. The molecule has 1 atom stereocenters. The maximum absolute atomic E-state index is 12.1. The first-order valence-electron chi connectivity index (χ1n) is 6.48. The molecule has 2 aromatic rings. The van der Waals surface area contributed by atoms with E-state index in [9.17, 15) is 4.79 Å². The van der Waals surface area contributed by atoms with E-state index < -0.39 is 0 Å². The summed E-state index contributed by atoms with van der Waals surface area (Å²) in [6, 6.07) is 3.87. The van der Waals surface area contributed by atoms with Crippen LogP contribution in [-0.2, 0) is 4.74 Å². The number of carbonyl (C=O) groups excluding carboxylic acids is 1. The molecule has 0 radical (unpaired) electrons. The molecular formula is C14H16N4O2. The summed E-state index contributed by atoms with van der Waals surface area (Å²) in [5.74, 6) is -0.0979. The number of nitrogens with zero attached hydrogens (tertiary/aromatic N) is 3. The van der Waals surface area contributed by atoms with Gasteiger partial charge in [-0.15, -0.1) is 0 Å². The van der Waals surface area contributed by atoms with Gasteiger partial charge in [0.2, 0.25) is 0 Å². The predicted octanol–water partition coefficient (Wildman–Crippen LogP) is 1.18. The molecule has 0 aromatic carbocycles. The zero-order valence-electron chi connectivity index (χ0n) is 11.5. The van der Waals surface area contributed by atoms with Crippen LogP contribution in [0.4, 0.5) is 0 Å². The third-order valence-corrected chi connectivity index (χ3v) is 3.42. The summed E-state index contributed by atoms with van der Waals surface area (Å²) >= 11 is 0. The van der Waals surface area contributed by atoms with E-state index in [1.807, 2.05) is 19.1 Å². The van der Waals surface area contributed by atoms with E-state index in [1.165, 1.54) is 0 Å². The lowest BCUT2D eigenvalue weighted by Crippen LogP contribution is -2.41. The van der Waals surface area contributed by atoms with Crippen molar-refractivity contribution in [1.82, 2.24) is 20.1 Å². The van der Waals surface area contributed by atoms with E-state index in [1.54, 1.807) is 24.2 Å². The second-order valence-corrected chi connectivity index (χ2v) is 4.86. The molecule has 1 unspecified atom stereocenters. The number of hydrogen-bond acceptors (Lipinski definition) is 4. The lowest BCUT2D eigenvalue weighted by atomic mass is 10.0. The van der Waals surface area contributed by atoms with E-state index in [0.717, 1.165) is 16.8 Å². The first-order chi connectivity index (χ1) is 9.70. The molecule has 1 N–H and O–H groups in total. The number of aryl methyl sites for hydroxylation is 1. The Morgan fingerprint density at radius 1 is 1.55 bits per heavy atom. The van der Waals surface area contributed by atoms with Gasteiger partial charge in [-0.1, -0.05) is 0 Å². The molecule has 1 aliphatic rings. The Balaban J connectivity index is 2.09. The summed E-state index contributed by atoms with van der Waals surface area (Å²) in [4.78, 5) is 16.3. The minimum atomic E-state index is -0.0979. The SMILES string of the molecule is COCC1CNC(=O)c2c(-c3ccnc(C)c3)cnn21. The minimum Gasteiger partial charge on any atom is -0.382 e. The fourth-order valence-corrected chi connectivity index (χ4v) is 2.49. The Bertz CT molecular complexity index is 650. The molecule has 3 rings (SSSR count). The number of aromatic nitrogens is 3. The van der Waals surface area contributed by atoms with Crippen molar-refractivity contribution < 1.29 is 9.53 Å². The van der Waals surface area contributed by atoms with Crippen molar-refractivity contribution in [3.8, 4) is 11.1 Å². The first-order valence-corrected chi connectivity index (χ1v) is 6.48. The number of nitrogens with one attached hydrogen (secondary N) is 1. The van der Waals surface area contributed by atoms with Crippen LogP contribution in [0.15, 0.2) is 24.5 Å². The molecule has 104 valence electrons. The Hall–Kier alpha value is -2.21. The average molecular weight is 272 g/mol. The van der Waals surface area contributed by atoms with Crippen LogP contribution in [0.25, 0.3) is 11.1 Å². The van der Waals surface area contributed by atoms with Crippen molar-refractivity contribution in [2.45, 2.75) is 13.0 Å². The topological polar surface area (TPSA) is 69.0 Å². The van der Waals surface area contributed by atoms with Crippen LogP contribution in [0.2, 0.25) is 0 Å². The summed E-state index contributed by atoms with van der Waals surface area (Å²) in [5, 5.41) is 7.26. The zero-order valence-corrected chi connectivity index (χ0v) is 11.5. The van der Waals surface area contributed by atoms with Crippen molar-refractivity contribution in [3.63, 3.8) is 0 Å². The van der Waals surface area contributed by atoms with Gasteiger partial charge in [-0.2, -0.15) is 5.10 Å². The Morgan fingerprint density at radius 3 is 3.15 bits per heavy atom. The van der Waals surface area contributed by atoms with Crippen LogP contribution in [0.5, 0.6) is 0 Å². The van der Waals surface area contributed by atoms with Crippen molar-refractivity contribution in [3.05, 3.63) is 35.9 Å². The van der Waals surface area contributed by atoms with Gasteiger partial charge in [-0.05, 0) is 24.6 Å². The highest BCUT2D eigenvalue weighted by Crippen LogP contribution is 2.27. The lowest BCUT2D eigenvalue weighted by Gasteiger charge is -2.24. The third kappa shape index (κ3) is 2.08. The van der Waals surface area contributed by atoms with E-state index >= 15 is 0 Å². The molecule has 1 amide bonds. The molecule has 2 aromatic heterocycles. The van der Waals surface area contributed by atoms with E-state index in [-0.39, 0.29) is 11.9 Å². The number of methoxy groups -OCH3 is 1. The largest absolute Gasteiger partial charge is 0.382 e. The molecule has 0 saturated carbocycles. The zero-order chi connectivity index (χ0) is 14.1. The summed E-state index contributed by atoms with van der Waals surface area (Å²) in [6.07, 6.45) is 3.47. The molecule has 0 saturated heterocycles. The summed E-state index contributed by atoms with van der Waals surface area (Å²) in [6.45, 7) is 2.98. The second kappa shape index (κ2) is 5.05. The van der Waals surface area contributed by atoms with Crippen molar-refractivity contribution in [1.29, 1.82) is 0 Å². The highest BCUT2D eigenvalue weighted by Gasteiger charge is 2.29. The molecule has 0 bridgehead atoms. The van der Waals surface area contributed by atoms with Gasteiger partial charge in [0.25, 0.3) is 5.91 Å². The Kier molecular flexibility index (Phi) is 3.23. The van der Waals surface area contributed by atoms with Crippen LogP contribution in [0.3, 0.4) is 0 Å². The maximum atomic E-state index is 12.1. The van der Waals surface area contributed by atoms with Gasteiger partial charge in [0.15, 0.2) is 0 Å². The average Bonchev–Trinajstić information content (AvgIpc) is 2.88. The smallest absolute Gasteiger partial charge is 0.270 e. The van der Waals surface area contributed by atoms with Gasteiger partial charge >= 0.3 is 0 Å². The molecule has 0 fully saturated rings. The number of amides is 1. The highest BCUT2D eigenvalue weighted by molar-refractivity contribution is 5.99. The van der Waals surface area contributed by atoms with Crippen molar-refractivity contribution >= 4 is 5.91 Å². The summed E-state index contributed by atoms with van der Waals surface area (Å²) in [5.41, 5.74) is 3.27. The molecule has 6 heteroatoms. The molecule has 1 aliphatic heterocycles. The molecule has 0 spiro atoms. The normalized spacial score (nSPS) is 17.7. The number of rotatable bonds is 3. The minimum absolute atomic E-state index is 0.0318. The number of fused-ring (bicyclic) bond motifs is 1. The Morgan fingerprint density at radius 2 is 2.40 bits per heavy atom. The van der Waals surface area contributed by atoms with E-state index in [0.29, 0.717) is 18.8 Å². The van der Waals surface area contributed by atoms with Crippen LogP contribution in [-0.4, -0.2) is 40.9 Å². The van der Waals surface area contributed by atoms with Crippen molar-refractivity contribution in [2.24, 2.45) is 0 Å². The molecule has 3 heterocycles. The number of pyridine rings is 1.